The molecule has 20 heavy (non-hydrogen) atoms. The Morgan fingerprint density at radius 2 is 2.00 bits per heavy atom. The third-order valence-corrected chi connectivity index (χ3v) is 4.01. The third-order valence-electron chi connectivity index (χ3n) is 4.01. The molecule has 1 aromatic rings. The van der Waals surface area contributed by atoms with Crippen LogP contribution >= 0.6 is 0 Å². The van der Waals surface area contributed by atoms with Gasteiger partial charge in [-0.25, -0.2) is 0 Å². The van der Waals surface area contributed by atoms with Gasteiger partial charge >= 0.3 is 5.97 Å². The van der Waals surface area contributed by atoms with Gasteiger partial charge in [0, 0.05) is 0 Å². The Bertz CT molecular complexity index is 507. The van der Waals surface area contributed by atoms with Crippen molar-refractivity contribution in [3.05, 3.63) is 29.3 Å². The maximum absolute atomic E-state index is 11.1. The maximum Gasteiger partial charge on any atom is 0.307 e. The fourth-order valence-electron chi connectivity index (χ4n) is 2.73. The first-order valence-electron chi connectivity index (χ1n) is 7.24. The molecule has 110 valence electrons. The summed E-state index contributed by atoms with van der Waals surface area (Å²) < 4.78 is 6.21. The summed E-state index contributed by atoms with van der Waals surface area (Å²) in [4.78, 5) is 11.1. The van der Waals surface area contributed by atoms with Gasteiger partial charge in [0.2, 0.25) is 0 Å². The van der Waals surface area contributed by atoms with Crippen LogP contribution in [0.2, 0.25) is 0 Å². The molecule has 1 saturated carbocycles. The number of carbonyl (C=O) groups is 1. The Kier molecular flexibility index (Phi) is 3.81. The standard InChI is InChI=1S/C17H24O3/c1-12-6-7-13(16(2,3)4)14(10-12)20-17(8-5-9-17)11-15(18)19/h6-7,10H,5,8-9,11H2,1-4H3,(H,18,19). The van der Waals surface area contributed by atoms with E-state index in [1.165, 1.54) is 0 Å². The fraction of sp³-hybridized carbons (Fsp3) is 0.588. The number of ether oxygens (including phenoxy) is 1. The van der Waals surface area contributed by atoms with Crippen molar-refractivity contribution in [2.75, 3.05) is 0 Å². The van der Waals surface area contributed by atoms with Crippen LogP contribution in [-0.2, 0) is 10.2 Å². The molecule has 0 unspecified atom stereocenters. The Morgan fingerprint density at radius 1 is 1.35 bits per heavy atom. The minimum absolute atomic E-state index is 0.0167. The summed E-state index contributed by atoms with van der Waals surface area (Å²) in [5, 5.41) is 9.10. The second-order valence-corrected chi connectivity index (χ2v) is 6.96. The van der Waals surface area contributed by atoms with Crippen LogP contribution in [0.1, 0.15) is 57.6 Å². The monoisotopic (exact) mass is 276 g/mol. The molecule has 0 heterocycles. The van der Waals surface area contributed by atoms with Crippen molar-refractivity contribution >= 4 is 5.97 Å². The molecule has 3 nitrogen and oxygen atoms in total. The lowest BCUT2D eigenvalue weighted by Crippen LogP contribution is -2.45. The highest BCUT2D eigenvalue weighted by Crippen LogP contribution is 2.42. The van der Waals surface area contributed by atoms with E-state index in [1.807, 2.05) is 13.0 Å². The van der Waals surface area contributed by atoms with Gasteiger partial charge in [-0.15, -0.1) is 0 Å². The quantitative estimate of drug-likeness (QED) is 0.901. The van der Waals surface area contributed by atoms with E-state index in [9.17, 15) is 4.79 Å². The minimum Gasteiger partial charge on any atom is -0.486 e. The SMILES string of the molecule is Cc1ccc(C(C)(C)C)c(OC2(CC(=O)O)CCC2)c1. The lowest BCUT2D eigenvalue weighted by Gasteiger charge is -2.42. The van der Waals surface area contributed by atoms with E-state index in [0.29, 0.717) is 0 Å². The zero-order valence-electron chi connectivity index (χ0n) is 12.8. The van der Waals surface area contributed by atoms with E-state index < -0.39 is 11.6 Å². The minimum atomic E-state index is -0.783. The Labute approximate surface area is 121 Å². The lowest BCUT2D eigenvalue weighted by molar-refractivity contribution is -0.144. The van der Waals surface area contributed by atoms with Gasteiger partial charge in [-0.3, -0.25) is 4.79 Å². The van der Waals surface area contributed by atoms with Crippen LogP contribution in [-0.4, -0.2) is 16.7 Å². The third kappa shape index (κ3) is 3.14. The molecular formula is C17H24O3. The lowest BCUT2D eigenvalue weighted by atomic mass is 9.77. The molecular weight excluding hydrogens is 252 g/mol. The summed E-state index contributed by atoms with van der Waals surface area (Å²) in [6.07, 6.45) is 2.79. The number of benzene rings is 1. The van der Waals surface area contributed by atoms with Crippen LogP contribution < -0.4 is 4.74 Å². The van der Waals surface area contributed by atoms with E-state index in [2.05, 4.69) is 32.9 Å². The summed E-state index contributed by atoms with van der Waals surface area (Å²) in [5.41, 5.74) is 1.76. The van der Waals surface area contributed by atoms with Gasteiger partial charge in [0.05, 0.1) is 6.42 Å². The molecule has 0 amide bonds. The van der Waals surface area contributed by atoms with Crippen LogP contribution in [0.5, 0.6) is 5.75 Å². The molecule has 0 radical (unpaired) electrons. The number of carboxylic acid groups (broad SMARTS) is 1. The number of aryl methyl sites for hydroxylation is 1. The first-order chi connectivity index (χ1) is 9.22. The van der Waals surface area contributed by atoms with E-state index in [4.69, 9.17) is 9.84 Å². The smallest absolute Gasteiger partial charge is 0.307 e. The molecule has 0 bridgehead atoms. The number of rotatable bonds is 4. The molecule has 1 aliphatic rings. The molecule has 0 spiro atoms. The van der Waals surface area contributed by atoms with Gasteiger partial charge in [0.15, 0.2) is 0 Å². The maximum atomic E-state index is 11.1. The van der Waals surface area contributed by atoms with Gasteiger partial charge in [0.1, 0.15) is 11.4 Å². The molecule has 3 heteroatoms. The van der Waals surface area contributed by atoms with Crippen molar-refractivity contribution in [1.29, 1.82) is 0 Å². The van der Waals surface area contributed by atoms with Crippen molar-refractivity contribution in [3.8, 4) is 5.75 Å². The molecule has 0 aromatic heterocycles. The number of hydrogen-bond acceptors (Lipinski definition) is 2. The summed E-state index contributed by atoms with van der Waals surface area (Å²) in [5.74, 6) is 0.0631. The first-order valence-corrected chi connectivity index (χ1v) is 7.24. The molecule has 1 N–H and O–H groups in total. The van der Waals surface area contributed by atoms with Gasteiger partial charge < -0.3 is 9.84 Å². The largest absolute Gasteiger partial charge is 0.486 e. The highest BCUT2D eigenvalue weighted by Gasteiger charge is 2.42. The first kappa shape index (κ1) is 14.9. The van der Waals surface area contributed by atoms with Gasteiger partial charge in [0.25, 0.3) is 0 Å². The van der Waals surface area contributed by atoms with Crippen molar-refractivity contribution < 1.29 is 14.6 Å². The summed E-state index contributed by atoms with van der Waals surface area (Å²) in [6, 6.07) is 6.21. The average molecular weight is 276 g/mol. The van der Waals surface area contributed by atoms with E-state index in [0.717, 1.165) is 36.1 Å². The molecule has 0 saturated heterocycles. The summed E-state index contributed by atoms with van der Waals surface area (Å²) in [6.45, 7) is 8.48. The van der Waals surface area contributed by atoms with Crippen LogP contribution in [0.4, 0.5) is 0 Å². The molecule has 0 atom stereocenters. The van der Waals surface area contributed by atoms with Crippen LogP contribution in [0, 0.1) is 6.92 Å². The Morgan fingerprint density at radius 3 is 2.45 bits per heavy atom. The fourth-order valence-corrected chi connectivity index (χ4v) is 2.73. The van der Waals surface area contributed by atoms with Crippen molar-refractivity contribution in [1.82, 2.24) is 0 Å². The van der Waals surface area contributed by atoms with Crippen molar-refractivity contribution in [2.45, 2.75) is 64.4 Å². The number of hydrogen-bond donors (Lipinski definition) is 1. The topological polar surface area (TPSA) is 46.5 Å². The predicted octanol–water partition coefficient (Wildman–Crippen LogP) is 4.07. The van der Waals surface area contributed by atoms with E-state index in [-0.39, 0.29) is 11.8 Å². The second-order valence-electron chi connectivity index (χ2n) is 6.96. The average Bonchev–Trinajstić information content (AvgIpc) is 2.23. The zero-order chi connectivity index (χ0) is 15.0. The molecule has 2 rings (SSSR count). The molecule has 1 aliphatic carbocycles. The van der Waals surface area contributed by atoms with Crippen LogP contribution in [0.25, 0.3) is 0 Å². The summed E-state index contributed by atoms with van der Waals surface area (Å²) in [7, 11) is 0. The van der Waals surface area contributed by atoms with Crippen molar-refractivity contribution in [2.24, 2.45) is 0 Å². The Hall–Kier alpha value is -1.51. The van der Waals surface area contributed by atoms with E-state index in [1.54, 1.807) is 0 Å². The van der Waals surface area contributed by atoms with Crippen LogP contribution in [0.3, 0.4) is 0 Å². The number of aliphatic carboxylic acids is 1. The zero-order valence-corrected chi connectivity index (χ0v) is 12.8. The van der Waals surface area contributed by atoms with Gasteiger partial charge in [-0.2, -0.15) is 0 Å². The van der Waals surface area contributed by atoms with Crippen molar-refractivity contribution in [3.63, 3.8) is 0 Å². The van der Waals surface area contributed by atoms with Gasteiger partial charge in [-0.05, 0) is 48.8 Å². The molecule has 1 fully saturated rings. The highest BCUT2D eigenvalue weighted by atomic mass is 16.5. The molecule has 1 aromatic carbocycles. The van der Waals surface area contributed by atoms with Gasteiger partial charge in [-0.1, -0.05) is 32.9 Å². The second kappa shape index (κ2) is 5.12. The normalized spacial score (nSPS) is 17.4. The summed E-state index contributed by atoms with van der Waals surface area (Å²) >= 11 is 0. The number of carboxylic acids is 1. The van der Waals surface area contributed by atoms with E-state index >= 15 is 0 Å². The Balaban J connectivity index is 2.32. The predicted molar refractivity (Wildman–Crippen MR) is 79.3 cm³/mol. The highest BCUT2D eigenvalue weighted by molar-refractivity contribution is 5.68. The molecule has 0 aliphatic heterocycles. The van der Waals surface area contributed by atoms with Crippen LogP contribution in [0.15, 0.2) is 18.2 Å².